The summed E-state index contributed by atoms with van der Waals surface area (Å²) in [4.78, 5) is 26.2. The maximum absolute atomic E-state index is 12.9. The van der Waals surface area contributed by atoms with Crippen molar-refractivity contribution >= 4 is 11.8 Å². The summed E-state index contributed by atoms with van der Waals surface area (Å²) in [5.41, 5.74) is 5.16. The van der Waals surface area contributed by atoms with Crippen molar-refractivity contribution in [2.24, 2.45) is 11.1 Å². The molecule has 2 atom stereocenters. The van der Waals surface area contributed by atoms with Crippen molar-refractivity contribution in [2.45, 2.75) is 51.5 Å². The van der Waals surface area contributed by atoms with Gasteiger partial charge in [0.2, 0.25) is 11.8 Å². The fraction of sp³-hybridized carbons (Fsp3) is 0.857. The molecule has 0 saturated carbocycles. The van der Waals surface area contributed by atoms with E-state index >= 15 is 0 Å². The van der Waals surface area contributed by atoms with Gasteiger partial charge in [0, 0.05) is 13.1 Å². The van der Waals surface area contributed by atoms with Crippen LogP contribution in [0.3, 0.4) is 0 Å². The zero-order valence-corrected chi connectivity index (χ0v) is 11.8. The second-order valence-corrected chi connectivity index (χ2v) is 5.87. The van der Waals surface area contributed by atoms with Crippen LogP contribution in [-0.4, -0.2) is 42.4 Å². The minimum Gasteiger partial charge on any atom is -0.368 e. The van der Waals surface area contributed by atoms with Crippen LogP contribution >= 0.6 is 0 Å². The highest BCUT2D eigenvalue weighted by molar-refractivity contribution is 5.90. The lowest BCUT2D eigenvalue weighted by atomic mass is 9.80. The van der Waals surface area contributed by atoms with Crippen LogP contribution < -0.4 is 11.1 Å². The van der Waals surface area contributed by atoms with Crippen LogP contribution in [-0.2, 0) is 9.59 Å². The maximum Gasteiger partial charge on any atom is 0.240 e. The second kappa shape index (κ2) is 5.90. The molecule has 19 heavy (non-hydrogen) atoms. The van der Waals surface area contributed by atoms with Crippen LogP contribution in [0.5, 0.6) is 0 Å². The molecule has 2 amide bonds. The summed E-state index contributed by atoms with van der Waals surface area (Å²) >= 11 is 0. The number of primary amides is 1. The minimum absolute atomic E-state index is 0.142. The number of carbonyl (C=O) groups is 2. The molecule has 0 aromatic rings. The molecule has 0 aromatic carbocycles. The average Bonchev–Trinajstić information content (AvgIpc) is 2.88. The van der Waals surface area contributed by atoms with E-state index in [2.05, 4.69) is 12.2 Å². The van der Waals surface area contributed by atoms with Crippen LogP contribution in [0, 0.1) is 5.41 Å². The zero-order valence-electron chi connectivity index (χ0n) is 11.8. The Morgan fingerprint density at radius 1 is 1.42 bits per heavy atom. The molecule has 108 valence electrons. The van der Waals surface area contributed by atoms with E-state index < -0.39 is 6.04 Å². The van der Waals surface area contributed by atoms with Gasteiger partial charge in [-0.3, -0.25) is 9.59 Å². The van der Waals surface area contributed by atoms with E-state index in [0.29, 0.717) is 6.54 Å². The number of nitrogens with zero attached hydrogens (tertiary/aromatic N) is 1. The first-order chi connectivity index (χ1) is 9.10. The monoisotopic (exact) mass is 267 g/mol. The Labute approximate surface area is 114 Å². The highest BCUT2D eigenvalue weighted by Gasteiger charge is 2.45. The van der Waals surface area contributed by atoms with E-state index in [4.69, 9.17) is 5.73 Å². The molecule has 2 aliphatic rings. The molecule has 0 bridgehead atoms. The van der Waals surface area contributed by atoms with Crippen LogP contribution in [0.2, 0.25) is 0 Å². The topological polar surface area (TPSA) is 75.4 Å². The first-order valence-corrected chi connectivity index (χ1v) is 7.42. The van der Waals surface area contributed by atoms with Crippen molar-refractivity contribution in [1.82, 2.24) is 10.2 Å². The Morgan fingerprint density at radius 2 is 2.21 bits per heavy atom. The van der Waals surface area contributed by atoms with E-state index in [1.165, 1.54) is 0 Å². The highest BCUT2D eigenvalue weighted by atomic mass is 16.2. The molecule has 5 heteroatoms. The van der Waals surface area contributed by atoms with Gasteiger partial charge >= 0.3 is 0 Å². The lowest BCUT2D eigenvalue weighted by Crippen LogP contribution is -2.55. The smallest absolute Gasteiger partial charge is 0.240 e. The third-order valence-electron chi connectivity index (χ3n) is 4.52. The number of hydrogen-bond acceptors (Lipinski definition) is 3. The molecule has 0 spiro atoms. The van der Waals surface area contributed by atoms with Gasteiger partial charge in [0.1, 0.15) is 6.04 Å². The molecule has 2 heterocycles. The fourth-order valence-electron chi connectivity index (χ4n) is 3.50. The summed E-state index contributed by atoms with van der Waals surface area (Å²) in [7, 11) is 0. The fourth-order valence-corrected chi connectivity index (χ4v) is 3.50. The molecule has 0 radical (unpaired) electrons. The van der Waals surface area contributed by atoms with Gasteiger partial charge in [0.05, 0.1) is 5.41 Å². The maximum atomic E-state index is 12.9. The summed E-state index contributed by atoms with van der Waals surface area (Å²) in [6.45, 7) is 4.41. The molecule has 2 rings (SSSR count). The highest BCUT2D eigenvalue weighted by Crippen LogP contribution is 2.35. The van der Waals surface area contributed by atoms with Crippen molar-refractivity contribution < 1.29 is 9.59 Å². The lowest BCUT2D eigenvalue weighted by molar-refractivity contribution is -0.149. The van der Waals surface area contributed by atoms with Gasteiger partial charge in [-0.1, -0.05) is 13.3 Å². The van der Waals surface area contributed by atoms with Crippen LogP contribution in [0.4, 0.5) is 0 Å². The number of carbonyl (C=O) groups excluding carboxylic acids is 2. The van der Waals surface area contributed by atoms with Crippen molar-refractivity contribution in [3.63, 3.8) is 0 Å². The molecule has 2 saturated heterocycles. The van der Waals surface area contributed by atoms with Gasteiger partial charge in [-0.25, -0.2) is 0 Å². The summed E-state index contributed by atoms with van der Waals surface area (Å²) in [6, 6.07) is -0.393. The summed E-state index contributed by atoms with van der Waals surface area (Å²) in [5, 5.41) is 3.30. The van der Waals surface area contributed by atoms with Gasteiger partial charge < -0.3 is 16.0 Å². The first kappa shape index (κ1) is 14.3. The number of amides is 2. The predicted octanol–water partition coefficient (Wildman–Crippen LogP) is 0.633. The number of nitrogens with two attached hydrogens (primary N) is 1. The van der Waals surface area contributed by atoms with Crippen molar-refractivity contribution in [3.05, 3.63) is 0 Å². The third kappa shape index (κ3) is 2.76. The number of rotatable bonds is 4. The number of likely N-dealkylation sites (tertiary alicyclic amines) is 1. The van der Waals surface area contributed by atoms with Crippen LogP contribution in [0.15, 0.2) is 0 Å². The molecule has 2 aliphatic heterocycles. The standard InChI is InChI=1S/C14H25N3O2/c1-2-6-14(7-8-16-10-14)13(19)17-9-4-3-5-11(17)12(15)18/h11,16H,2-10H2,1H3,(H2,15,18). The zero-order chi connectivity index (χ0) is 13.9. The SMILES string of the molecule is CCCC1(C(=O)N2CCCCC2C(N)=O)CCNC1. The number of piperidine rings is 1. The van der Waals surface area contributed by atoms with E-state index in [9.17, 15) is 9.59 Å². The quantitative estimate of drug-likeness (QED) is 0.784. The van der Waals surface area contributed by atoms with E-state index in [1.54, 1.807) is 4.90 Å². The summed E-state index contributed by atoms with van der Waals surface area (Å²) in [5.74, 6) is -0.214. The molecule has 0 aromatic heterocycles. The van der Waals surface area contributed by atoms with Gasteiger partial charge in [-0.05, 0) is 38.6 Å². The summed E-state index contributed by atoms with van der Waals surface area (Å²) < 4.78 is 0. The van der Waals surface area contributed by atoms with E-state index in [-0.39, 0.29) is 17.2 Å². The lowest BCUT2D eigenvalue weighted by Gasteiger charge is -2.40. The van der Waals surface area contributed by atoms with Gasteiger partial charge in [-0.2, -0.15) is 0 Å². The van der Waals surface area contributed by atoms with Crippen molar-refractivity contribution in [2.75, 3.05) is 19.6 Å². The van der Waals surface area contributed by atoms with Crippen molar-refractivity contribution in [3.8, 4) is 0 Å². The summed E-state index contributed by atoms with van der Waals surface area (Å²) in [6.07, 6.45) is 5.43. The predicted molar refractivity (Wildman–Crippen MR) is 73.4 cm³/mol. The Morgan fingerprint density at radius 3 is 2.79 bits per heavy atom. The number of hydrogen-bond donors (Lipinski definition) is 2. The third-order valence-corrected chi connectivity index (χ3v) is 4.52. The second-order valence-electron chi connectivity index (χ2n) is 5.87. The van der Waals surface area contributed by atoms with E-state index in [0.717, 1.165) is 51.6 Å². The Balaban J connectivity index is 2.17. The number of nitrogens with one attached hydrogen (secondary N) is 1. The molecule has 3 N–H and O–H groups in total. The Bertz CT molecular complexity index is 351. The van der Waals surface area contributed by atoms with Gasteiger partial charge in [0.15, 0.2) is 0 Å². The molecular weight excluding hydrogens is 242 g/mol. The first-order valence-electron chi connectivity index (χ1n) is 7.42. The molecule has 0 aliphatic carbocycles. The van der Waals surface area contributed by atoms with Gasteiger partial charge in [0.25, 0.3) is 0 Å². The largest absolute Gasteiger partial charge is 0.368 e. The Kier molecular flexibility index (Phi) is 4.45. The molecule has 2 unspecified atom stereocenters. The van der Waals surface area contributed by atoms with E-state index in [1.807, 2.05) is 0 Å². The van der Waals surface area contributed by atoms with Crippen molar-refractivity contribution in [1.29, 1.82) is 0 Å². The van der Waals surface area contributed by atoms with Crippen LogP contribution in [0.25, 0.3) is 0 Å². The molecule has 2 fully saturated rings. The van der Waals surface area contributed by atoms with Gasteiger partial charge in [-0.15, -0.1) is 0 Å². The molecule has 5 nitrogen and oxygen atoms in total. The minimum atomic E-state index is -0.393. The molecular formula is C14H25N3O2. The normalized spacial score (nSPS) is 31.4. The Hall–Kier alpha value is -1.10. The van der Waals surface area contributed by atoms with Crippen LogP contribution in [0.1, 0.15) is 45.4 Å². The average molecular weight is 267 g/mol.